The molecular formula is C6H6FN. The molecule has 8 heavy (non-hydrogen) atoms. The zero-order valence-corrected chi connectivity index (χ0v) is 4.34. The fraction of sp³-hybridized carbons (Fsp3) is 0.167. The summed E-state index contributed by atoms with van der Waals surface area (Å²) in [6.45, 7) is -0.476. The van der Waals surface area contributed by atoms with Gasteiger partial charge in [-0.2, -0.15) is 5.26 Å². The SMILES string of the molecule is N#C/C=C/C=C/CF. The van der Waals surface area contributed by atoms with Gasteiger partial charge in [0.25, 0.3) is 0 Å². The van der Waals surface area contributed by atoms with E-state index in [1.807, 2.05) is 0 Å². The third-order valence-corrected chi connectivity index (χ3v) is 0.507. The van der Waals surface area contributed by atoms with Crippen LogP contribution < -0.4 is 0 Å². The van der Waals surface area contributed by atoms with Gasteiger partial charge in [-0.1, -0.05) is 18.2 Å². The predicted molar refractivity (Wildman–Crippen MR) is 29.9 cm³/mol. The molecule has 0 rings (SSSR count). The second-order valence-corrected chi connectivity index (χ2v) is 1.07. The standard InChI is InChI=1S/C6H6FN/c7-5-3-1-2-4-6-8/h1-4H,5H2/b3-1+,4-2+. The molecule has 0 aromatic rings. The van der Waals surface area contributed by atoms with Crippen molar-refractivity contribution in [3.05, 3.63) is 24.3 Å². The Labute approximate surface area is 47.7 Å². The number of allylic oxidation sites excluding steroid dienone is 4. The number of hydrogen-bond acceptors (Lipinski definition) is 1. The van der Waals surface area contributed by atoms with Crippen molar-refractivity contribution >= 4 is 0 Å². The van der Waals surface area contributed by atoms with E-state index in [1.165, 1.54) is 24.3 Å². The molecule has 0 unspecified atom stereocenters. The van der Waals surface area contributed by atoms with Crippen LogP contribution in [0.1, 0.15) is 0 Å². The van der Waals surface area contributed by atoms with Crippen molar-refractivity contribution in [2.75, 3.05) is 6.67 Å². The van der Waals surface area contributed by atoms with Crippen LogP contribution in [0.4, 0.5) is 4.39 Å². The summed E-state index contributed by atoms with van der Waals surface area (Å²) in [5.41, 5.74) is 0. The summed E-state index contributed by atoms with van der Waals surface area (Å²) in [5.74, 6) is 0. The van der Waals surface area contributed by atoms with Crippen LogP contribution in [0, 0.1) is 11.3 Å². The summed E-state index contributed by atoms with van der Waals surface area (Å²) in [6.07, 6.45) is 5.59. The molecule has 0 amide bonds. The molecule has 0 N–H and O–H groups in total. The number of rotatable bonds is 2. The Morgan fingerprint density at radius 2 is 2.25 bits per heavy atom. The van der Waals surface area contributed by atoms with Gasteiger partial charge in [0.1, 0.15) is 6.67 Å². The lowest BCUT2D eigenvalue weighted by molar-refractivity contribution is 0.562. The Bertz CT molecular complexity index is 130. The molecule has 0 fully saturated rings. The van der Waals surface area contributed by atoms with Crippen molar-refractivity contribution in [1.82, 2.24) is 0 Å². The fourth-order valence-electron chi connectivity index (χ4n) is 0.229. The highest BCUT2D eigenvalue weighted by atomic mass is 19.1. The minimum atomic E-state index is -0.476. The molecule has 0 heterocycles. The molecule has 2 heteroatoms. The largest absolute Gasteiger partial charge is 0.247 e. The molecule has 42 valence electrons. The molecule has 0 aliphatic heterocycles. The van der Waals surface area contributed by atoms with E-state index < -0.39 is 6.67 Å². The van der Waals surface area contributed by atoms with Crippen molar-refractivity contribution in [1.29, 1.82) is 5.26 Å². The smallest absolute Gasteiger partial charge is 0.108 e. The van der Waals surface area contributed by atoms with E-state index >= 15 is 0 Å². The van der Waals surface area contributed by atoms with Gasteiger partial charge in [-0.3, -0.25) is 0 Å². The molecule has 0 aliphatic rings. The number of nitrogens with zero attached hydrogens (tertiary/aromatic N) is 1. The van der Waals surface area contributed by atoms with E-state index in [-0.39, 0.29) is 0 Å². The lowest BCUT2D eigenvalue weighted by Gasteiger charge is -1.67. The quantitative estimate of drug-likeness (QED) is 0.392. The lowest BCUT2D eigenvalue weighted by atomic mass is 10.4. The molecule has 0 aromatic heterocycles. The zero-order chi connectivity index (χ0) is 6.24. The van der Waals surface area contributed by atoms with Gasteiger partial charge in [-0.25, -0.2) is 4.39 Å². The molecule has 0 atom stereocenters. The maximum absolute atomic E-state index is 11.2. The molecule has 0 spiro atoms. The van der Waals surface area contributed by atoms with Gasteiger partial charge < -0.3 is 0 Å². The van der Waals surface area contributed by atoms with Crippen LogP contribution in [-0.2, 0) is 0 Å². The number of hydrogen-bond donors (Lipinski definition) is 0. The van der Waals surface area contributed by atoms with Crippen molar-refractivity contribution in [2.45, 2.75) is 0 Å². The Hall–Kier alpha value is -1.10. The molecule has 0 aromatic carbocycles. The maximum atomic E-state index is 11.2. The fourth-order valence-corrected chi connectivity index (χ4v) is 0.229. The number of nitriles is 1. The first-order chi connectivity index (χ1) is 3.91. The first kappa shape index (κ1) is 6.90. The van der Waals surface area contributed by atoms with Gasteiger partial charge in [0, 0.05) is 6.08 Å². The van der Waals surface area contributed by atoms with Gasteiger partial charge >= 0.3 is 0 Å². The topological polar surface area (TPSA) is 23.8 Å². The highest BCUT2D eigenvalue weighted by molar-refractivity contribution is 5.11. The van der Waals surface area contributed by atoms with Crippen LogP contribution in [0.15, 0.2) is 24.3 Å². The Morgan fingerprint density at radius 3 is 2.75 bits per heavy atom. The zero-order valence-electron chi connectivity index (χ0n) is 4.34. The molecular weight excluding hydrogens is 105 g/mol. The summed E-state index contributed by atoms with van der Waals surface area (Å²) in [6, 6.07) is 1.77. The Balaban J connectivity index is 3.31. The summed E-state index contributed by atoms with van der Waals surface area (Å²) >= 11 is 0. The van der Waals surface area contributed by atoms with Gasteiger partial charge in [-0.05, 0) is 0 Å². The lowest BCUT2D eigenvalue weighted by Crippen LogP contribution is -1.57. The highest BCUT2D eigenvalue weighted by Gasteiger charge is 1.62. The van der Waals surface area contributed by atoms with Gasteiger partial charge in [0.2, 0.25) is 0 Å². The van der Waals surface area contributed by atoms with Crippen molar-refractivity contribution < 1.29 is 4.39 Å². The molecule has 0 saturated carbocycles. The van der Waals surface area contributed by atoms with Crippen molar-refractivity contribution in [2.24, 2.45) is 0 Å². The number of halogens is 1. The van der Waals surface area contributed by atoms with Crippen LogP contribution >= 0.6 is 0 Å². The third kappa shape index (κ3) is 4.90. The van der Waals surface area contributed by atoms with E-state index in [0.29, 0.717) is 0 Å². The number of alkyl halides is 1. The second kappa shape index (κ2) is 5.90. The van der Waals surface area contributed by atoms with E-state index in [4.69, 9.17) is 5.26 Å². The van der Waals surface area contributed by atoms with E-state index in [0.717, 1.165) is 0 Å². The molecule has 0 saturated heterocycles. The first-order valence-corrected chi connectivity index (χ1v) is 2.19. The monoisotopic (exact) mass is 111 g/mol. The van der Waals surface area contributed by atoms with Gasteiger partial charge in [0.05, 0.1) is 6.07 Å². The Kier molecular flexibility index (Phi) is 5.09. The van der Waals surface area contributed by atoms with E-state index in [9.17, 15) is 4.39 Å². The average molecular weight is 111 g/mol. The van der Waals surface area contributed by atoms with Crippen molar-refractivity contribution in [3.63, 3.8) is 0 Å². The molecule has 0 aliphatic carbocycles. The van der Waals surface area contributed by atoms with Crippen LogP contribution in [0.3, 0.4) is 0 Å². The average Bonchev–Trinajstić information content (AvgIpc) is 1.81. The Morgan fingerprint density at radius 1 is 1.50 bits per heavy atom. The minimum Gasteiger partial charge on any atom is -0.247 e. The van der Waals surface area contributed by atoms with E-state index in [2.05, 4.69) is 0 Å². The normalized spacial score (nSPS) is 10.5. The van der Waals surface area contributed by atoms with Crippen LogP contribution in [0.25, 0.3) is 0 Å². The summed E-state index contributed by atoms with van der Waals surface area (Å²) < 4.78 is 11.2. The summed E-state index contributed by atoms with van der Waals surface area (Å²) in [7, 11) is 0. The van der Waals surface area contributed by atoms with Crippen molar-refractivity contribution in [3.8, 4) is 6.07 Å². The van der Waals surface area contributed by atoms with E-state index in [1.54, 1.807) is 6.07 Å². The third-order valence-electron chi connectivity index (χ3n) is 0.507. The molecule has 1 nitrogen and oxygen atoms in total. The molecule has 0 bridgehead atoms. The van der Waals surface area contributed by atoms with Crippen LogP contribution in [0.2, 0.25) is 0 Å². The maximum Gasteiger partial charge on any atom is 0.108 e. The summed E-state index contributed by atoms with van der Waals surface area (Å²) in [4.78, 5) is 0. The van der Waals surface area contributed by atoms with Gasteiger partial charge in [-0.15, -0.1) is 0 Å². The predicted octanol–water partition coefficient (Wildman–Crippen LogP) is 1.59. The first-order valence-electron chi connectivity index (χ1n) is 2.19. The molecule has 0 radical (unpaired) electrons. The second-order valence-electron chi connectivity index (χ2n) is 1.07. The minimum absolute atomic E-state index is 0.476. The highest BCUT2D eigenvalue weighted by Crippen LogP contribution is 1.75. The summed E-state index contributed by atoms with van der Waals surface area (Å²) in [5, 5.41) is 7.90. The van der Waals surface area contributed by atoms with Crippen LogP contribution in [0.5, 0.6) is 0 Å². The van der Waals surface area contributed by atoms with Crippen LogP contribution in [-0.4, -0.2) is 6.67 Å². The van der Waals surface area contributed by atoms with Gasteiger partial charge in [0.15, 0.2) is 0 Å².